The summed E-state index contributed by atoms with van der Waals surface area (Å²) >= 11 is 7.01. The first-order chi connectivity index (χ1) is 22.8. The quantitative estimate of drug-likeness (QED) is 0.367. The smallest absolute Gasteiger partial charge is 0.461 e. The van der Waals surface area contributed by atoms with Gasteiger partial charge in [0.15, 0.2) is 5.82 Å². The van der Waals surface area contributed by atoms with Crippen LogP contribution in [0.25, 0.3) is 10.9 Å². The third-order valence-electron chi connectivity index (χ3n) is 11.9. The van der Waals surface area contributed by atoms with Crippen LogP contribution in [0.15, 0.2) is 6.20 Å². The summed E-state index contributed by atoms with van der Waals surface area (Å²) in [6.07, 6.45) is 4.13. The van der Waals surface area contributed by atoms with Gasteiger partial charge in [-0.2, -0.15) is 9.97 Å². The predicted octanol–water partition coefficient (Wildman–Crippen LogP) is 3.22. The maximum absolute atomic E-state index is 17.1. The summed E-state index contributed by atoms with van der Waals surface area (Å²) in [7, 11) is 0. The van der Waals surface area contributed by atoms with Gasteiger partial charge in [-0.05, 0) is 44.1 Å². The van der Waals surface area contributed by atoms with Crippen LogP contribution < -0.4 is 20.5 Å². The number of hydrazine groups is 1. The van der Waals surface area contributed by atoms with Crippen LogP contribution in [0.2, 0.25) is 0 Å². The van der Waals surface area contributed by atoms with E-state index in [1.807, 2.05) is 0 Å². The minimum atomic E-state index is -0.896. The molecule has 4 saturated heterocycles. The third-order valence-corrected chi connectivity index (χ3v) is 12.4. The van der Waals surface area contributed by atoms with Crippen molar-refractivity contribution in [3.8, 4) is 6.01 Å². The molecule has 47 heavy (non-hydrogen) atoms. The van der Waals surface area contributed by atoms with E-state index >= 15 is 4.39 Å². The molecule has 9 aliphatic rings. The maximum atomic E-state index is 17.1. The average Bonchev–Trinajstić information content (AvgIpc) is 3.73. The van der Waals surface area contributed by atoms with Crippen LogP contribution in [0, 0.1) is 17.7 Å². The monoisotopic (exact) mass is 675 g/mol. The minimum Gasteiger partial charge on any atom is -0.461 e. The molecule has 7 aliphatic heterocycles. The molecule has 2 aromatic heterocycles. The Labute approximate surface area is 276 Å². The van der Waals surface area contributed by atoms with Crippen molar-refractivity contribution in [1.29, 1.82) is 0 Å². The van der Waals surface area contributed by atoms with E-state index in [0.717, 1.165) is 19.4 Å². The lowest BCUT2D eigenvalue weighted by atomic mass is 9.67. The van der Waals surface area contributed by atoms with Gasteiger partial charge >= 0.3 is 12.2 Å². The zero-order valence-electron chi connectivity index (χ0n) is 26.1. The van der Waals surface area contributed by atoms with E-state index < -0.39 is 29.3 Å². The second kappa shape index (κ2) is 11.5. The number of rotatable bonds is 3. The van der Waals surface area contributed by atoms with Gasteiger partial charge in [-0.25, -0.2) is 13.6 Å². The van der Waals surface area contributed by atoms with Crippen LogP contribution >= 0.6 is 11.6 Å². The van der Waals surface area contributed by atoms with Crippen molar-refractivity contribution >= 4 is 34.5 Å². The molecule has 7 bridgehead atoms. The predicted molar refractivity (Wildman–Crippen MR) is 166 cm³/mol. The first-order valence-electron chi connectivity index (χ1n) is 17.0. The number of anilines is 1. The van der Waals surface area contributed by atoms with Crippen molar-refractivity contribution in [2.24, 2.45) is 11.8 Å². The van der Waals surface area contributed by atoms with E-state index in [-0.39, 0.29) is 65.7 Å². The van der Waals surface area contributed by atoms with Crippen LogP contribution in [0.3, 0.4) is 0 Å². The summed E-state index contributed by atoms with van der Waals surface area (Å²) in [5.74, 6) is -0.579. The van der Waals surface area contributed by atoms with Gasteiger partial charge in [0, 0.05) is 69.0 Å². The summed E-state index contributed by atoms with van der Waals surface area (Å²) < 4.78 is 55.4. The second-order valence-electron chi connectivity index (χ2n) is 14.6. The molecule has 1 spiro atoms. The molecule has 0 amide bonds. The first-order valence-corrected chi connectivity index (χ1v) is 17.5. The number of carbonyl (C=O) groups is 1. The van der Waals surface area contributed by atoms with E-state index in [1.54, 1.807) is 6.20 Å². The molecule has 11 rings (SSSR count). The van der Waals surface area contributed by atoms with Gasteiger partial charge in [-0.1, -0.05) is 0 Å². The standard InChI is InChI=1S/C32H40ClF2N7O5/c33-22-8-23-20(13-37-40-23)24-19(22)2-6-44-30(43)47-18-10-32(11-18)15-41(5-7-46-32)28-21-12-36-27(24)25(35)26(21)38-29(39-28)45-16-31-3-1-4-42(31)14-17(34)9-31/h12,17-20,22-24,37,40H,1-11,13-16H2/t17-,18?,19?,20?,22?,23?,24?,31+,32?/m1/s1. The van der Waals surface area contributed by atoms with Crippen molar-refractivity contribution in [2.75, 3.05) is 57.4 Å². The number of fused-ring (bicyclic) bond motifs is 2. The Hall–Kier alpha value is -2.65. The molecule has 7 atom stereocenters. The normalized spacial score (nSPS) is 39.9. The number of hydrogen-bond acceptors (Lipinski definition) is 12. The van der Waals surface area contributed by atoms with Gasteiger partial charge in [0.05, 0.1) is 35.4 Å². The third kappa shape index (κ3) is 5.12. The topological polar surface area (TPSA) is 123 Å². The molecule has 5 unspecified atom stereocenters. The molecule has 2 aromatic rings. The van der Waals surface area contributed by atoms with Crippen LogP contribution in [0.4, 0.5) is 19.4 Å². The maximum Gasteiger partial charge on any atom is 0.508 e. The number of nitrogens with zero attached hydrogens (tertiary/aromatic N) is 5. The van der Waals surface area contributed by atoms with Crippen molar-refractivity contribution < 1.29 is 32.5 Å². The molecule has 9 heterocycles. The van der Waals surface area contributed by atoms with E-state index in [1.165, 1.54) is 0 Å². The lowest BCUT2D eigenvalue weighted by molar-refractivity contribution is -0.165. The Balaban J connectivity index is 1.15. The Morgan fingerprint density at radius 1 is 1.17 bits per heavy atom. The molecule has 254 valence electrons. The molecule has 12 nitrogen and oxygen atoms in total. The highest BCUT2D eigenvalue weighted by Crippen LogP contribution is 2.49. The minimum absolute atomic E-state index is 0.00954. The molecular weight excluding hydrogens is 636 g/mol. The van der Waals surface area contributed by atoms with Crippen LogP contribution in [0.1, 0.15) is 56.6 Å². The fourth-order valence-corrected chi connectivity index (χ4v) is 10.2. The summed E-state index contributed by atoms with van der Waals surface area (Å²) in [5.41, 5.74) is 6.03. The van der Waals surface area contributed by atoms with Crippen LogP contribution in [-0.2, 0) is 14.2 Å². The number of nitrogens with one attached hydrogen (secondary N) is 2. The molecule has 2 N–H and O–H groups in total. The van der Waals surface area contributed by atoms with Gasteiger partial charge in [-0.3, -0.25) is 20.7 Å². The highest BCUT2D eigenvalue weighted by atomic mass is 35.5. The van der Waals surface area contributed by atoms with Gasteiger partial charge < -0.3 is 23.8 Å². The summed E-state index contributed by atoms with van der Waals surface area (Å²) in [4.78, 5) is 31.3. The zero-order chi connectivity index (χ0) is 31.9. The van der Waals surface area contributed by atoms with Gasteiger partial charge in [0.2, 0.25) is 0 Å². The summed E-state index contributed by atoms with van der Waals surface area (Å²) in [6.45, 7) is 3.61. The van der Waals surface area contributed by atoms with E-state index in [9.17, 15) is 9.18 Å². The highest BCUT2D eigenvalue weighted by Gasteiger charge is 2.53. The fraction of sp³-hybridized carbons (Fsp3) is 0.750. The molecular formula is C32H40ClF2N7O5. The van der Waals surface area contributed by atoms with E-state index in [2.05, 4.69) is 20.7 Å². The fourth-order valence-electron chi connectivity index (χ4n) is 9.69. The Kier molecular flexibility index (Phi) is 7.42. The zero-order valence-corrected chi connectivity index (χ0v) is 26.9. The van der Waals surface area contributed by atoms with Crippen LogP contribution in [0.5, 0.6) is 6.01 Å². The number of carbonyl (C=O) groups excluding carboxylic acids is 1. The molecule has 2 aliphatic carbocycles. The number of alkyl halides is 2. The molecule has 0 aromatic carbocycles. The SMILES string of the molecule is O=C1OCCC2C(Cl)CC3NNCC3C2c2ncc3c(nc(OC[C@@]45CCCN4C[C@H](F)C5)nc3c2F)N2CCOC3(CC(C3)O1)C2. The average molecular weight is 676 g/mol. The Morgan fingerprint density at radius 2 is 2.06 bits per heavy atom. The summed E-state index contributed by atoms with van der Waals surface area (Å²) in [5, 5.41) is 0.186. The molecule has 2 saturated carbocycles. The van der Waals surface area contributed by atoms with Gasteiger partial charge in [0.25, 0.3) is 0 Å². The number of halogens is 3. The number of ether oxygens (including phenoxy) is 4. The van der Waals surface area contributed by atoms with Crippen molar-refractivity contribution in [2.45, 2.75) is 85.7 Å². The lowest BCUT2D eigenvalue weighted by Crippen LogP contribution is -2.61. The molecule has 6 fully saturated rings. The largest absolute Gasteiger partial charge is 0.508 e. The number of aromatic nitrogens is 3. The number of pyridine rings is 1. The number of hydrogen-bond donors (Lipinski definition) is 2. The van der Waals surface area contributed by atoms with Crippen molar-refractivity contribution in [3.05, 3.63) is 17.7 Å². The van der Waals surface area contributed by atoms with Crippen LogP contribution in [-0.4, -0.2) is 113 Å². The summed E-state index contributed by atoms with van der Waals surface area (Å²) in [6, 6.07) is 0.100. The molecule has 15 heteroatoms. The second-order valence-corrected chi connectivity index (χ2v) is 15.2. The Bertz CT molecular complexity index is 1570. The van der Waals surface area contributed by atoms with Crippen molar-refractivity contribution in [3.63, 3.8) is 0 Å². The number of morpholine rings is 1. The van der Waals surface area contributed by atoms with E-state index in [4.69, 9.17) is 45.5 Å². The van der Waals surface area contributed by atoms with E-state index in [0.29, 0.717) is 76.1 Å². The van der Waals surface area contributed by atoms with Gasteiger partial charge in [0.1, 0.15) is 30.2 Å². The highest BCUT2D eigenvalue weighted by molar-refractivity contribution is 6.21. The molecule has 0 radical (unpaired) electrons. The van der Waals surface area contributed by atoms with Gasteiger partial charge in [-0.15, -0.1) is 11.6 Å². The Morgan fingerprint density at radius 3 is 2.96 bits per heavy atom. The lowest BCUT2D eigenvalue weighted by Gasteiger charge is -2.51. The van der Waals surface area contributed by atoms with Crippen molar-refractivity contribution in [1.82, 2.24) is 30.7 Å². The first kappa shape index (κ1) is 30.4.